The Morgan fingerprint density at radius 2 is 2.05 bits per heavy atom. The Hall–Kier alpha value is -4.85. The molecule has 2 aliphatic heterocycles. The molecule has 0 radical (unpaired) electrons. The number of nitro benzene ring substituents is 1. The van der Waals surface area contributed by atoms with Crippen LogP contribution in [0.1, 0.15) is 18.1 Å². The predicted octanol–water partition coefficient (Wildman–Crippen LogP) is 2.52. The van der Waals surface area contributed by atoms with Crippen molar-refractivity contribution in [3.8, 4) is 17.0 Å². The normalized spacial score (nSPS) is 18.9. The Balaban J connectivity index is 1.11. The number of aromatic amines is 1. The van der Waals surface area contributed by atoms with Crippen molar-refractivity contribution >= 4 is 52.1 Å². The number of aliphatic carboxylic acids is 1. The third kappa shape index (κ3) is 4.62. The molecule has 1 saturated heterocycles. The van der Waals surface area contributed by atoms with Crippen LogP contribution in [0.25, 0.3) is 22.2 Å². The molecule has 2 amide bonds. The molecule has 2 aromatic carbocycles. The number of H-pyrrole nitrogens is 1. The second-order valence-corrected chi connectivity index (χ2v) is 11.1. The number of nitrogens with one attached hydrogen (secondary N) is 2. The van der Waals surface area contributed by atoms with Gasteiger partial charge in [-0.05, 0) is 48.2 Å². The Bertz CT molecular complexity index is 1730. The van der Waals surface area contributed by atoms with Crippen molar-refractivity contribution in [2.75, 3.05) is 19.0 Å². The molecule has 13 nitrogen and oxygen atoms in total. The summed E-state index contributed by atoms with van der Waals surface area (Å²) in [6, 6.07) is 9.44. The van der Waals surface area contributed by atoms with Crippen LogP contribution in [0, 0.1) is 10.1 Å². The number of thioether (sulfide) groups is 1. The number of hydrogen-bond donors (Lipinski definition) is 3. The molecule has 1 fully saturated rings. The van der Waals surface area contributed by atoms with E-state index in [0.717, 1.165) is 27.3 Å². The van der Waals surface area contributed by atoms with E-state index in [-0.39, 0.29) is 35.3 Å². The Kier molecular flexibility index (Phi) is 6.85. The lowest BCUT2D eigenvalue weighted by Gasteiger charge is -2.49. The average Bonchev–Trinajstić information content (AvgIpc) is 3.36. The number of carbonyl (C=O) groups is 4. The van der Waals surface area contributed by atoms with Crippen molar-refractivity contribution < 1.29 is 38.7 Å². The maximum atomic E-state index is 12.8. The molecule has 42 heavy (non-hydrogen) atoms. The van der Waals surface area contributed by atoms with Crippen molar-refractivity contribution in [1.29, 1.82) is 0 Å². The molecule has 3 aliphatic rings. The summed E-state index contributed by atoms with van der Waals surface area (Å²) in [4.78, 5) is 64.1. The van der Waals surface area contributed by atoms with Crippen LogP contribution >= 0.6 is 11.8 Å². The number of carboxylic acids is 1. The fourth-order valence-corrected chi connectivity index (χ4v) is 6.97. The van der Waals surface area contributed by atoms with Crippen molar-refractivity contribution in [2.45, 2.75) is 31.2 Å². The van der Waals surface area contributed by atoms with Gasteiger partial charge < -0.3 is 24.9 Å². The summed E-state index contributed by atoms with van der Waals surface area (Å²) in [7, 11) is 0. The van der Waals surface area contributed by atoms with E-state index < -0.39 is 35.2 Å². The Morgan fingerprint density at radius 3 is 2.79 bits per heavy atom. The van der Waals surface area contributed by atoms with E-state index in [4.69, 9.17) is 9.47 Å². The van der Waals surface area contributed by atoms with Crippen LogP contribution in [0.15, 0.2) is 47.7 Å². The average molecular weight is 593 g/mol. The van der Waals surface area contributed by atoms with Crippen LogP contribution in [0.2, 0.25) is 0 Å². The third-order valence-corrected chi connectivity index (χ3v) is 8.82. The number of ether oxygens (including phenoxy) is 2. The van der Waals surface area contributed by atoms with Gasteiger partial charge in [0.25, 0.3) is 17.5 Å². The lowest BCUT2D eigenvalue weighted by molar-refractivity contribution is -0.383. The molecule has 6 rings (SSSR count). The molecule has 3 aromatic rings. The Labute approximate surface area is 242 Å². The van der Waals surface area contributed by atoms with Gasteiger partial charge in [0.15, 0.2) is 6.61 Å². The predicted molar refractivity (Wildman–Crippen MR) is 150 cm³/mol. The first-order valence-corrected chi connectivity index (χ1v) is 14.1. The van der Waals surface area contributed by atoms with Gasteiger partial charge in [-0.3, -0.25) is 29.4 Å². The van der Waals surface area contributed by atoms with Gasteiger partial charge in [0, 0.05) is 29.9 Å². The summed E-state index contributed by atoms with van der Waals surface area (Å²) in [6.07, 6.45) is 1.24. The van der Waals surface area contributed by atoms with E-state index in [1.807, 2.05) is 18.2 Å². The zero-order valence-electron chi connectivity index (χ0n) is 22.2. The zero-order valence-corrected chi connectivity index (χ0v) is 23.0. The number of carbonyl (C=O) groups excluding carboxylic acids is 3. The number of non-ortho nitro benzene ring substituents is 1. The molecular formula is C28H24N4O9S. The monoisotopic (exact) mass is 592 g/mol. The van der Waals surface area contributed by atoms with Crippen LogP contribution < -0.4 is 10.1 Å². The fourth-order valence-electron chi connectivity index (χ4n) is 5.65. The van der Waals surface area contributed by atoms with Gasteiger partial charge in [0.05, 0.1) is 21.5 Å². The number of rotatable bonds is 8. The van der Waals surface area contributed by atoms with Crippen LogP contribution in [-0.4, -0.2) is 74.0 Å². The highest BCUT2D eigenvalue weighted by molar-refractivity contribution is 8.00. The summed E-state index contributed by atoms with van der Waals surface area (Å²) in [6.45, 7) is 0.623. The molecule has 3 heterocycles. The maximum absolute atomic E-state index is 12.8. The maximum Gasteiger partial charge on any atom is 0.352 e. The largest absolute Gasteiger partial charge is 0.484 e. The SMILES string of the molecule is CC(=O)OCC1=C(C(=O)O)N2C(=O)[C@@H](NC(=O)COc3ccc4c(c3)CCc3c-4[nH]c4cccc([N+](=O)[O-])c34)[C@H]2SC1. The molecule has 0 saturated carbocycles. The van der Waals surface area contributed by atoms with Crippen molar-refractivity contribution in [1.82, 2.24) is 15.2 Å². The van der Waals surface area contributed by atoms with E-state index in [9.17, 15) is 34.4 Å². The van der Waals surface area contributed by atoms with Gasteiger partial charge in [-0.2, -0.15) is 0 Å². The smallest absolute Gasteiger partial charge is 0.352 e. The van der Waals surface area contributed by atoms with E-state index in [1.165, 1.54) is 24.8 Å². The van der Waals surface area contributed by atoms with Crippen molar-refractivity contribution in [3.05, 3.63) is 68.9 Å². The summed E-state index contributed by atoms with van der Waals surface area (Å²) < 4.78 is 10.6. The van der Waals surface area contributed by atoms with E-state index in [2.05, 4.69) is 10.3 Å². The number of carboxylic acid groups (broad SMARTS) is 1. The zero-order chi connectivity index (χ0) is 29.7. The number of β-lactam (4-membered cyclic amide) rings is 1. The summed E-state index contributed by atoms with van der Waals surface area (Å²) in [5.41, 5.74) is 4.45. The number of amides is 2. The topological polar surface area (TPSA) is 181 Å². The molecule has 216 valence electrons. The number of aromatic nitrogens is 1. The second kappa shape index (κ2) is 10.5. The fraction of sp³-hybridized carbons (Fsp3) is 0.286. The van der Waals surface area contributed by atoms with Crippen LogP contribution in [0.5, 0.6) is 5.75 Å². The summed E-state index contributed by atoms with van der Waals surface area (Å²) >= 11 is 1.27. The molecule has 0 bridgehead atoms. The highest BCUT2D eigenvalue weighted by Gasteiger charge is 2.54. The first kappa shape index (κ1) is 27.3. The van der Waals surface area contributed by atoms with Gasteiger partial charge in [0.2, 0.25) is 0 Å². The number of fused-ring (bicyclic) bond motifs is 6. The molecule has 2 atom stereocenters. The third-order valence-electron chi connectivity index (χ3n) is 7.48. The van der Waals surface area contributed by atoms with E-state index >= 15 is 0 Å². The van der Waals surface area contributed by atoms with Gasteiger partial charge in [-0.25, -0.2) is 4.79 Å². The van der Waals surface area contributed by atoms with Gasteiger partial charge in [-0.15, -0.1) is 11.8 Å². The van der Waals surface area contributed by atoms with E-state index in [0.29, 0.717) is 35.1 Å². The molecule has 1 aliphatic carbocycles. The first-order chi connectivity index (χ1) is 20.1. The van der Waals surface area contributed by atoms with Crippen molar-refractivity contribution in [2.24, 2.45) is 0 Å². The van der Waals surface area contributed by atoms with Crippen LogP contribution in [0.4, 0.5) is 5.69 Å². The second-order valence-electron chi connectivity index (χ2n) is 10.0. The Morgan fingerprint density at radius 1 is 1.24 bits per heavy atom. The standard InChI is InChI=1S/C28H24N4O9S/c1-13(33)40-10-15-12-42-27-24(26(35)31(27)25(15)28(36)37)30-21(34)11-41-16-6-8-17-14(9-16)5-7-18-22-19(29-23(17)18)3-2-4-20(22)32(38)39/h2-4,6,8-9,24,27,29H,5,7,10-12H2,1H3,(H,30,34)(H,36,37)/t24-,27-/m1/s1. The number of aryl methyl sites for hydroxylation is 2. The lowest BCUT2D eigenvalue weighted by Crippen LogP contribution is -2.71. The lowest BCUT2D eigenvalue weighted by atomic mass is 9.88. The van der Waals surface area contributed by atoms with Gasteiger partial charge in [0.1, 0.15) is 29.5 Å². The molecular weight excluding hydrogens is 568 g/mol. The molecule has 0 unspecified atom stereocenters. The number of benzene rings is 2. The molecule has 14 heteroatoms. The minimum absolute atomic E-state index is 0.0664. The van der Waals surface area contributed by atoms with E-state index in [1.54, 1.807) is 12.1 Å². The highest BCUT2D eigenvalue weighted by atomic mass is 32.2. The quantitative estimate of drug-likeness (QED) is 0.152. The van der Waals surface area contributed by atoms with Gasteiger partial charge in [-0.1, -0.05) is 6.07 Å². The molecule has 0 spiro atoms. The van der Waals surface area contributed by atoms with Gasteiger partial charge >= 0.3 is 11.9 Å². The highest BCUT2D eigenvalue weighted by Crippen LogP contribution is 2.42. The minimum atomic E-state index is -1.31. The van der Waals surface area contributed by atoms with Crippen LogP contribution in [0.3, 0.4) is 0 Å². The number of esters is 1. The molecule has 1 aromatic heterocycles. The number of nitro groups is 1. The molecule has 3 N–H and O–H groups in total. The van der Waals surface area contributed by atoms with Crippen LogP contribution in [-0.2, 0) is 36.8 Å². The summed E-state index contributed by atoms with van der Waals surface area (Å²) in [5.74, 6) is -2.30. The first-order valence-electron chi connectivity index (χ1n) is 13.0. The minimum Gasteiger partial charge on any atom is -0.484 e. The number of nitrogens with zero attached hydrogens (tertiary/aromatic N) is 2. The number of hydrogen-bond acceptors (Lipinski definition) is 9. The van der Waals surface area contributed by atoms with Crippen molar-refractivity contribution in [3.63, 3.8) is 0 Å². The summed E-state index contributed by atoms with van der Waals surface area (Å²) in [5, 5.41) is 23.9.